The molecule has 0 saturated carbocycles. The molecule has 100 valence electrons. The second-order valence-corrected chi connectivity index (χ2v) is 4.98. The molecule has 0 fully saturated rings. The van der Waals surface area contributed by atoms with Gasteiger partial charge in [0.2, 0.25) is 0 Å². The molecule has 4 heteroatoms. The van der Waals surface area contributed by atoms with Gasteiger partial charge in [-0.3, -0.25) is 0 Å². The molecular formula is C15H18N2O2. The van der Waals surface area contributed by atoms with Crippen LogP contribution in [0.5, 0.6) is 5.75 Å². The quantitative estimate of drug-likeness (QED) is 0.913. The van der Waals surface area contributed by atoms with Gasteiger partial charge in [0.1, 0.15) is 11.6 Å². The van der Waals surface area contributed by atoms with Gasteiger partial charge < -0.3 is 14.4 Å². The van der Waals surface area contributed by atoms with Crippen molar-refractivity contribution in [3.8, 4) is 5.75 Å². The van der Waals surface area contributed by atoms with Crippen LogP contribution in [0.25, 0.3) is 0 Å². The zero-order chi connectivity index (χ0) is 13.2. The van der Waals surface area contributed by atoms with Crippen molar-refractivity contribution in [3.05, 3.63) is 47.5 Å². The Hall–Kier alpha value is -1.81. The van der Waals surface area contributed by atoms with Gasteiger partial charge >= 0.3 is 0 Å². The summed E-state index contributed by atoms with van der Waals surface area (Å²) in [6.07, 6.45) is 4.09. The van der Waals surface area contributed by atoms with E-state index < -0.39 is 0 Å². The van der Waals surface area contributed by atoms with E-state index >= 15 is 0 Å². The van der Waals surface area contributed by atoms with Crippen molar-refractivity contribution >= 4 is 0 Å². The van der Waals surface area contributed by atoms with Gasteiger partial charge in [-0.1, -0.05) is 18.2 Å². The number of ether oxygens (including phenoxy) is 1. The summed E-state index contributed by atoms with van der Waals surface area (Å²) >= 11 is 0. The zero-order valence-electron chi connectivity index (χ0n) is 11.0. The Balaban J connectivity index is 1.84. The highest BCUT2D eigenvalue weighted by molar-refractivity contribution is 5.36. The minimum atomic E-state index is -0.242. The predicted molar refractivity (Wildman–Crippen MR) is 72.4 cm³/mol. The summed E-state index contributed by atoms with van der Waals surface area (Å²) in [7, 11) is 1.69. The summed E-state index contributed by atoms with van der Waals surface area (Å²) in [5.74, 6) is 1.89. The van der Waals surface area contributed by atoms with E-state index in [-0.39, 0.29) is 6.10 Å². The van der Waals surface area contributed by atoms with E-state index in [9.17, 15) is 5.11 Å². The van der Waals surface area contributed by atoms with Crippen LogP contribution in [0.4, 0.5) is 0 Å². The maximum atomic E-state index is 9.66. The number of rotatable bonds is 3. The van der Waals surface area contributed by atoms with Gasteiger partial charge in [-0.2, -0.15) is 0 Å². The lowest BCUT2D eigenvalue weighted by Gasteiger charge is -2.18. The molecule has 0 bridgehead atoms. The number of para-hydroxylation sites is 1. The Morgan fingerprint density at radius 3 is 3.11 bits per heavy atom. The lowest BCUT2D eigenvalue weighted by atomic mass is 10.1. The lowest BCUT2D eigenvalue weighted by Crippen LogP contribution is -2.22. The van der Waals surface area contributed by atoms with Crippen molar-refractivity contribution in [2.45, 2.75) is 31.9 Å². The number of hydrogen-bond acceptors (Lipinski definition) is 3. The topological polar surface area (TPSA) is 47.3 Å². The van der Waals surface area contributed by atoms with E-state index in [4.69, 9.17) is 4.74 Å². The SMILES string of the molecule is COc1ccccc1Cc1cn2c(n1)CC(O)CC2. The first kappa shape index (κ1) is 12.2. The van der Waals surface area contributed by atoms with Crippen LogP contribution in [-0.2, 0) is 19.4 Å². The molecule has 1 aromatic heterocycles. The number of nitrogens with zero attached hydrogens (tertiary/aromatic N) is 2. The molecule has 0 amide bonds. The number of imidazole rings is 1. The highest BCUT2D eigenvalue weighted by Crippen LogP contribution is 2.22. The number of hydrogen-bond donors (Lipinski definition) is 1. The standard InChI is InChI=1S/C15H18N2O2/c1-19-14-5-3-2-4-11(14)8-12-10-17-7-6-13(18)9-15(17)16-12/h2-5,10,13,18H,6-9H2,1H3. The minimum absolute atomic E-state index is 0.242. The van der Waals surface area contributed by atoms with E-state index in [0.717, 1.165) is 42.2 Å². The Morgan fingerprint density at radius 1 is 1.42 bits per heavy atom. The maximum absolute atomic E-state index is 9.66. The second-order valence-electron chi connectivity index (χ2n) is 4.98. The van der Waals surface area contributed by atoms with Crippen molar-refractivity contribution in [2.75, 3.05) is 7.11 Å². The van der Waals surface area contributed by atoms with Gasteiger partial charge in [0.15, 0.2) is 0 Å². The van der Waals surface area contributed by atoms with Crippen molar-refractivity contribution < 1.29 is 9.84 Å². The number of aryl methyl sites for hydroxylation is 1. The number of methoxy groups -OCH3 is 1. The Morgan fingerprint density at radius 2 is 2.26 bits per heavy atom. The number of fused-ring (bicyclic) bond motifs is 1. The monoisotopic (exact) mass is 258 g/mol. The van der Waals surface area contributed by atoms with E-state index in [1.165, 1.54) is 0 Å². The molecule has 1 aliphatic rings. The van der Waals surface area contributed by atoms with E-state index in [1.54, 1.807) is 7.11 Å². The Bertz CT molecular complexity index is 577. The van der Waals surface area contributed by atoms with Crippen LogP contribution in [0.1, 0.15) is 23.5 Å². The van der Waals surface area contributed by atoms with Crippen LogP contribution in [0.15, 0.2) is 30.5 Å². The van der Waals surface area contributed by atoms with Crippen molar-refractivity contribution in [2.24, 2.45) is 0 Å². The van der Waals surface area contributed by atoms with Crippen LogP contribution in [0.2, 0.25) is 0 Å². The summed E-state index contributed by atoms with van der Waals surface area (Å²) in [5, 5.41) is 9.66. The fourth-order valence-corrected chi connectivity index (χ4v) is 2.60. The average Bonchev–Trinajstić information content (AvgIpc) is 2.80. The van der Waals surface area contributed by atoms with E-state index in [0.29, 0.717) is 6.42 Å². The van der Waals surface area contributed by atoms with Gasteiger partial charge in [0, 0.05) is 31.1 Å². The number of aliphatic hydroxyl groups is 1. The molecule has 19 heavy (non-hydrogen) atoms. The molecule has 0 radical (unpaired) electrons. The summed E-state index contributed by atoms with van der Waals surface area (Å²) in [5.41, 5.74) is 2.18. The molecule has 2 aromatic rings. The molecule has 1 aromatic carbocycles. The van der Waals surface area contributed by atoms with Crippen molar-refractivity contribution in [3.63, 3.8) is 0 Å². The average molecular weight is 258 g/mol. The molecule has 0 saturated heterocycles. The van der Waals surface area contributed by atoms with Gasteiger partial charge in [0.25, 0.3) is 0 Å². The van der Waals surface area contributed by atoms with E-state index in [2.05, 4.69) is 21.8 Å². The van der Waals surface area contributed by atoms with Gasteiger partial charge in [-0.15, -0.1) is 0 Å². The molecule has 0 spiro atoms. The first-order valence-electron chi connectivity index (χ1n) is 6.61. The highest BCUT2D eigenvalue weighted by atomic mass is 16.5. The van der Waals surface area contributed by atoms with Gasteiger partial charge in [-0.25, -0.2) is 4.98 Å². The van der Waals surface area contributed by atoms with Crippen molar-refractivity contribution in [1.29, 1.82) is 0 Å². The predicted octanol–water partition coefficient (Wildman–Crippen LogP) is 1.79. The maximum Gasteiger partial charge on any atom is 0.122 e. The van der Waals surface area contributed by atoms with Gasteiger partial charge in [-0.05, 0) is 12.5 Å². The summed E-state index contributed by atoms with van der Waals surface area (Å²) in [6, 6.07) is 8.01. The first-order chi connectivity index (χ1) is 9.26. The number of benzene rings is 1. The Kier molecular flexibility index (Phi) is 3.25. The molecule has 1 atom stereocenters. The lowest BCUT2D eigenvalue weighted by molar-refractivity contribution is 0.141. The van der Waals surface area contributed by atoms with Crippen LogP contribution < -0.4 is 4.74 Å². The molecule has 1 aliphatic heterocycles. The summed E-state index contributed by atoms with van der Waals surface area (Å²) in [6.45, 7) is 0.857. The molecule has 3 rings (SSSR count). The highest BCUT2D eigenvalue weighted by Gasteiger charge is 2.19. The third-order valence-corrected chi connectivity index (χ3v) is 3.59. The molecule has 4 nitrogen and oxygen atoms in total. The molecule has 2 heterocycles. The largest absolute Gasteiger partial charge is 0.496 e. The van der Waals surface area contributed by atoms with E-state index in [1.807, 2.05) is 18.2 Å². The first-order valence-corrected chi connectivity index (χ1v) is 6.61. The molecule has 1 unspecified atom stereocenters. The van der Waals surface area contributed by atoms with Gasteiger partial charge in [0.05, 0.1) is 18.9 Å². The molecule has 1 N–H and O–H groups in total. The minimum Gasteiger partial charge on any atom is -0.496 e. The number of aliphatic hydroxyl groups excluding tert-OH is 1. The zero-order valence-corrected chi connectivity index (χ0v) is 11.0. The van der Waals surface area contributed by atoms with Crippen LogP contribution in [-0.4, -0.2) is 27.9 Å². The smallest absolute Gasteiger partial charge is 0.122 e. The summed E-state index contributed by atoms with van der Waals surface area (Å²) < 4.78 is 7.51. The normalized spacial score (nSPS) is 18.1. The van der Waals surface area contributed by atoms with Crippen LogP contribution in [0, 0.1) is 0 Å². The Labute approximate surface area is 112 Å². The van der Waals surface area contributed by atoms with Crippen LogP contribution >= 0.6 is 0 Å². The third-order valence-electron chi connectivity index (χ3n) is 3.59. The van der Waals surface area contributed by atoms with Crippen LogP contribution in [0.3, 0.4) is 0 Å². The molecular weight excluding hydrogens is 240 g/mol. The third kappa shape index (κ3) is 2.49. The second kappa shape index (κ2) is 5.05. The van der Waals surface area contributed by atoms with Crippen molar-refractivity contribution in [1.82, 2.24) is 9.55 Å². The summed E-state index contributed by atoms with van der Waals surface area (Å²) in [4.78, 5) is 4.62. The number of aromatic nitrogens is 2. The molecule has 0 aliphatic carbocycles. The fourth-order valence-electron chi connectivity index (χ4n) is 2.60. The fraction of sp³-hybridized carbons (Fsp3) is 0.400.